The Morgan fingerprint density at radius 3 is 2.44 bits per heavy atom. The van der Waals surface area contributed by atoms with Crippen molar-refractivity contribution in [2.75, 3.05) is 41.3 Å². The summed E-state index contributed by atoms with van der Waals surface area (Å²) in [5.74, 6) is 1.67. The van der Waals surface area contributed by atoms with Crippen LogP contribution in [-0.2, 0) is 0 Å². The molecule has 0 radical (unpaired) electrons. The summed E-state index contributed by atoms with van der Waals surface area (Å²) in [4.78, 5) is 26.1. The number of rotatable bonds is 4. The minimum Gasteiger partial charge on any atom is -0.354 e. The third kappa shape index (κ3) is 3.99. The molecule has 5 rings (SSSR count). The van der Waals surface area contributed by atoms with Gasteiger partial charge in [0.2, 0.25) is 5.95 Å². The van der Waals surface area contributed by atoms with Crippen molar-refractivity contribution < 1.29 is 4.79 Å². The van der Waals surface area contributed by atoms with Crippen LogP contribution in [0.15, 0.2) is 67.1 Å². The number of amides is 1. The summed E-state index contributed by atoms with van der Waals surface area (Å²) in [6, 6.07) is 15.3. The Hall–Kier alpha value is -3.58. The lowest BCUT2D eigenvalue weighted by Gasteiger charge is -2.35. The molecule has 7 nitrogen and oxygen atoms in total. The van der Waals surface area contributed by atoms with E-state index in [0.717, 1.165) is 49.0 Å². The number of pyridine rings is 1. The largest absolute Gasteiger partial charge is 0.354 e. The molecule has 0 bridgehead atoms. The number of nitrogens with zero attached hydrogens (tertiary/aromatic N) is 5. The van der Waals surface area contributed by atoms with E-state index in [4.69, 9.17) is 11.6 Å². The van der Waals surface area contributed by atoms with Crippen LogP contribution in [0.1, 0.15) is 15.9 Å². The SMILES string of the molecule is Cc1ccc(NC(=O)c2ccc3ccc(N4CCN(c5ncccn5)CC4)n3c2)cc1Cl. The number of benzene rings is 1. The first-order valence-corrected chi connectivity index (χ1v) is 10.9. The van der Waals surface area contributed by atoms with E-state index < -0.39 is 0 Å². The van der Waals surface area contributed by atoms with Crippen molar-refractivity contribution >= 4 is 40.5 Å². The Kier molecular flexibility index (Phi) is 5.41. The predicted molar refractivity (Wildman–Crippen MR) is 128 cm³/mol. The number of carbonyl (C=O) groups excluding carboxylic acids is 1. The normalized spacial score (nSPS) is 14.1. The van der Waals surface area contributed by atoms with E-state index in [1.807, 2.05) is 43.5 Å². The maximum Gasteiger partial charge on any atom is 0.257 e. The maximum absolute atomic E-state index is 12.9. The van der Waals surface area contributed by atoms with Gasteiger partial charge in [-0.25, -0.2) is 9.97 Å². The van der Waals surface area contributed by atoms with Gasteiger partial charge in [-0.2, -0.15) is 0 Å². The molecule has 1 aromatic carbocycles. The molecule has 1 saturated heterocycles. The predicted octanol–water partition coefficient (Wildman–Crippen LogP) is 4.27. The van der Waals surface area contributed by atoms with E-state index >= 15 is 0 Å². The van der Waals surface area contributed by atoms with E-state index in [2.05, 4.69) is 41.6 Å². The Bertz CT molecular complexity index is 1260. The fourth-order valence-electron chi connectivity index (χ4n) is 3.94. The van der Waals surface area contributed by atoms with Crippen LogP contribution in [0.25, 0.3) is 5.52 Å². The molecule has 0 atom stereocenters. The van der Waals surface area contributed by atoms with Gasteiger partial charge < -0.3 is 19.5 Å². The molecule has 32 heavy (non-hydrogen) atoms. The molecule has 0 spiro atoms. The molecule has 0 unspecified atom stereocenters. The van der Waals surface area contributed by atoms with Crippen LogP contribution < -0.4 is 15.1 Å². The van der Waals surface area contributed by atoms with E-state index in [1.165, 1.54) is 0 Å². The summed E-state index contributed by atoms with van der Waals surface area (Å²) < 4.78 is 2.08. The van der Waals surface area contributed by atoms with E-state index in [9.17, 15) is 4.79 Å². The smallest absolute Gasteiger partial charge is 0.257 e. The first-order valence-electron chi connectivity index (χ1n) is 10.5. The molecule has 4 heterocycles. The first-order chi connectivity index (χ1) is 15.6. The fraction of sp³-hybridized carbons (Fsp3) is 0.208. The van der Waals surface area contributed by atoms with E-state index in [-0.39, 0.29) is 5.91 Å². The Morgan fingerprint density at radius 2 is 1.69 bits per heavy atom. The van der Waals surface area contributed by atoms with E-state index in [0.29, 0.717) is 16.3 Å². The molecule has 3 aromatic heterocycles. The number of anilines is 3. The molecule has 1 N–H and O–H groups in total. The fourth-order valence-corrected chi connectivity index (χ4v) is 4.12. The maximum atomic E-state index is 12.9. The minimum atomic E-state index is -0.169. The van der Waals surface area contributed by atoms with Crippen LogP contribution in [0.3, 0.4) is 0 Å². The third-order valence-electron chi connectivity index (χ3n) is 5.76. The van der Waals surface area contributed by atoms with Crippen LogP contribution in [0.2, 0.25) is 5.02 Å². The van der Waals surface area contributed by atoms with Crippen LogP contribution >= 0.6 is 11.6 Å². The molecule has 0 aliphatic carbocycles. The number of fused-ring (bicyclic) bond motifs is 1. The van der Waals surface area contributed by atoms with Gasteiger partial charge in [0, 0.05) is 61.0 Å². The standard InChI is InChI=1S/C24H23ClN6O/c1-17-3-5-19(15-21(17)25)28-23(32)18-4-6-20-7-8-22(31(20)16-18)29-11-13-30(14-12-29)24-26-9-2-10-27-24/h2-10,15-16H,11-14H2,1H3,(H,28,32). The molecule has 4 aromatic rings. The summed E-state index contributed by atoms with van der Waals surface area (Å²) in [6.45, 7) is 5.31. The highest BCUT2D eigenvalue weighted by atomic mass is 35.5. The highest BCUT2D eigenvalue weighted by Crippen LogP contribution is 2.24. The lowest BCUT2D eigenvalue weighted by atomic mass is 10.2. The van der Waals surface area contributed by atoms with Gasteiger partial charge in [-0.1, -0.05) is 17.7 Å². The zero-order chi connectivity index (χ0) is 22.1. The molecular weight excluding hydrogens is 424 g/mol. The van der Waals surface area contributed by atoms with Crippen LogP contribution in [0.4, 0.5) is 17.5 Å². The molecule has 162 valence electrons. The van der Waals surface area contributed by atoms with Crippen molar-refractivity contribution in [2.24, 2.45) is 0 Å². The van der Waals surface area contributed by atoms with Gasteiger partial charge >= 0.3 is 0 Å². The zero-order valence-electron chi connectivity index (χ0n) is 17.7. The summed E-state index contributed by atoms with van der Waals surface area (Å²) in [7, 11) is 0. The number of aryl methyl sites for hydroxylation is 1. The second-order valence-corrected chi connectivity index (χ2v) is 8.25. The van der Waals surface area contributed by atoms with Gasteiger partial charge in [0.05, 0.1) is 5.56 Å². The minimum absolute atomic E-state index is 0.169. The van der Waals surface area contributed by atoms with Gasteiger partial charge in [0.1, 0.15) is 5.82 Å². The van der Waals surface area contributed by atoms with Crippen LogP contribution in [0, 0.1) is 6.92 Å². The topological polar surface area (TPSA) is 65.8 Å². The van der Waals surface area contributed by atoms with Crippen molar-refractivity contribution in [1.82, 2.24) is 14.4 Å². The van der Waals surface area contributed by atoms with Crippen molar-refractivity contribution in [3.63, 3.8) is 0 Å². The number of nitrogens with one attached hydrogen (secondary N) is 1. The Morgan fingerprint density at radius 1 is 0.969 bits per heavy atom. The quantitative estimate of drug-likeness (QED) is 0.507. The molecule has 8 heteroatoms. The molecule has 1 amide bonds. The van der Waals surface area contributed by atoms with Crippen molar-refractivity contribution in [3.8, 4) is 0 Å². The van der Waals surface area contributed by atoms with Gasteiger partial charge in [-0.15, -0.1) is 0 Å². The summed E-state index contributed by atoms with van der Waals surface area (Å²) in [6.07, 6.45) is 5.43. The van der Waals surface area contributed by atoms with Gasteiger partial charge in [0.15, 0.2) is 0 Å². The lowest BCUT2D eigenvalue weighted by molar-refractivity contribution is 0.102. The summed E-state index contributed by atoms with van der Waals surface area (Å²) in [5.41, 5.74) is 3.28. The molecule has 1 aliphatic rings. The molecule has 1 fully saturated rings. The number of halogens is 1. The second kappa shape index (κ2) is 8.51. The number of carbonyl (C=O) groups is 1. The number of aromatic nitrogens is 3. The monoisotopic (exact) mass is 446 g/mol. The first kappa shape index (κ1) is 20.3. The second-order valence-electron chi connectivity index (χ2n) is 7.85. The summed E-state index contributed by atoms with van der Waals surface area (Å²) >= 11 is 6.19. The van der Waals surface area contributed by atoms with Crippen LogP contribution in [-0.4, -0.2) is 46.5 Å². The zero-order valence-corrected chi connectivity index (χ0v) is 18.5. The third-order valence-corrected chi connectivity index (χ3v) is 6.17. The number of hydrogen-bond donors (Lipinski definition) is 1. The Balaban J connectivity index is 1.34. The average Bonchev–Trinajstić information content (AvgIpc) is 3.25. The van der Waals surface area contributed by atoms with Gasteiger partial charge in [0.25, 0.3) is 5.91 Å². The average molecular weight is 447 g/mol. The molecular formula is C24H23ClN6O. The lowest BCUT2D eigenvalue weighted by Crippen LogP contribution is -2.47. The number of hydrogen-bond acceptors (Lipinski definition) is 5. The van der Waals surface area contributed by atoms with Crippen molar-refractivity contribution in [1.29, 1.82) is 0 Å². The van der Waals surface area contributed by atoms with Crippen molar-refractivity contribution in [3.05, 3.63) is 83.3 Å². The highest BCUT2D eigenvalue weighted by Gasteiger charge is 2.21. The van der Waals surface area contributed by atoms with Crippen LogP contribution in [0.5, 0.6) is 0 Å². The van der Waals surface area contributed by atoms with Gasteiger partial charge in [-0.3, -0.25) is 4.79 Å². The number of piperazine rings is 1. The van der Waals surface area contributed by atoms with E-state index in [1.54, 1.807) is 18.5 Å². The van der Waals surface area contributed by atoms with Crippen molar-refractivity contribution in [2.45, 2.75) is 6.92 Å². The molecule has 0 saturated carbocycles. The summed E-state index contributed by atoms with van der Waals surface area (Å²) in [5, 5.41) is 3.57. The van der Waals surface area contributed by atoms with Gasteiger partial charge in [-0.05, 0) is 55.0 Å². The molecule has 1 aliphatic heterocycles. The highest BCUT2D eigenvalue weighted by molar-refractivity contribution is 6.31. The Labute approximate surface area is 191 Å².